The van der Waals surface area contributed by atoms with Crippen molar-refractivity contribution >= 4 is 0 Å². The first-order valence-corrected chi connectivity index (χ1v) is 7.14. The highest BCUT2D eigenvalue weighted by atomic mass is 14.3. The highest BCUT2D eigenvalue weighted by Crippen LogP contribution is 2.31. The minimum absolute atomic E-state index is 0.0708. The van der Waals surface area contributed by atoms with Crippen molar-refractivity contribution in [1.29, 1.82) is 0 Å². The van der Waals surface area contributed by atoms with Crippen molar-refractivity contribution in [3.05, 3.63) is 70.8 Å². The highest BCUT2D eigenvalue weighted by Gasteiger charge is 2.22. The SMILES string of the molecule is CC.Cc1ccc(C(C)(C)c2ccc(C)cc2)cc1. The zero-order chi connectivity index (χ0) is 14.5. The van der Waals surface area contributed by atoms with Gasteiger partial charge in [-0.25, -0.2) is 0 Å². The Labute approximate surface area is 118 Å². The van der Waals surface area contributed by atoms with Crippen LogP contribution in [0.3, 0.4) is 0 Å². The van der Waals surface area contributed by atoms with Gasteiger partial charge in [0.15, 0.2) is 0 Å². The topological polar surface area (TPSA) is 0 Å². The summed E-state index contributed by atoms with van der Waals surface area (Å²) in [6.07, 6.45) is 0. The lowest BCUT2D eigenvalue weighted by atomic mass is 9.78. The minimum Gasteiger partial charge on any atom is -0.0683 e. The van der Waals surface area contributed by atoms with Gasteiger partial charge in [0, 0.05) is 5.41 Å². The van der Waals surface area contributed by atoms with Gasteiger partial charge in [0.2, 0.25) is 0 Å². The summed E-state index contributed by atoms with van der Waals surface area (Å²) < 4.78 is 0. The van der Waals surface area contributed by atoms with Crippen LogP contribution in [0.5, 0.6) is 0 Å². The lowest BCUT2D eigenvalue weighted by Gasteiger charge is -2.26. The molecule has 0 radical (unpaired) electrons. The van der Waals surface area contributed by atoms with Crippen LogP contribution in [0.2, 0.25) is 0 Å². The largest absolute Gasteiger partial charge is 0.0683 e. The summed E-state index contributed by atoms with van der Waals surface area (Å²) in [6, 6.07) is 17.7. The summed E-state index contributed by atoms with van der Waals surface area (Å²) in [5.74, 6) is 0. The summed E-state index contributed by atoms with van der Waals surface area (Å²) in [5.41, 5.74) is 5.43. The Morgan fingerprint density at radius 2 is 0.842 bits per heavy atom. The number of hydrogen-bond acceptors (Lipinski definition) is 0. The Hall–Kier alpha value is -1.56. The average Bonchev–Trinajstić information content (AvgIpc) is 2.42. The molecule has 0 aliphatic heterocycles. The molecule has 2 aromatic rings. The maximum atomic E-state index is 2.28. The third-order valence-corrected chi connectivity index (χ3v) is 3.55. The van der Waals surface area contributed by atoms with Crippen molar-refractivity contribution in [3.63, 3.8) is 0 Å². The van der Waals surface area contributed by atoms with Gasteiger partial charge in [0.05, 0.1) is 0 Å². The van der Waals surface area contributed by atoms with Crippen LogP contribution in [0.1, 0.15) is 49.9 Å². The number of rotatable bonds is 2. The van der Waals surface area contributed by atoms with E-state index in [2.05, 4.69) is 76.2 Å². The highest BCUT2D eigenvalue weighted by molar-refractivity contribution is 5.39. The maximum absolute atomic E-state index is 2.28. The second-order valence-electron chi connectivity index (χ2n) is 5.36. The second-order valence-corrected chi connectivity index (χ2v) is 5.36. The van der Waals surface area contributed by atoms with E-state index in [1.807, 2.05) is 13.8 Å². The molecule has 0 saturated carbocycles. The molecular weight excluding hydrogens is 228 g/mol. The molecule has 0 atom stereocenters. The monoisotopic (exact) mass is 254 g/mol. The van der Waals surface area contributed by atoms with Gasteiger partial charge in [-0.05, 0) is 25.0 Å². The quantitative estimate of drug-likeness (QED) is 0.649. The van der Waals surface area contributed by atoms with Gasteiger partial charge < -0.3 is 0 Å². The van der Waals surface area contributed by atoms with Crippen LogP contribution >= 0.6 is 0 Å². The Kier molecular flexibility index (Phi) is 5.35. The minimum atomic E-state index is 0.0708. The van der Waals surface area contributed by atoms with Crippen LogP contribution in [-0.2, 0) is 5.41 Å². The Morgan fingerprint density at radius 1 is 0.579 bits per heavy atom. The summed E-state index contributed by atoms with van der Waals surface area (Å²) in [6.45, 7) is 12.8. The van der Waals surface area contributed by atoms with Crippen molar-refractivity contribution in [2.45, 2.75) is 47.0 Å². The molecule has 19 heavy (non-hydrogen) atoms. The Balaban J connectivity index is 0.000000861. The zero-order valence-electron chi connectivity index (χ0n) is 13.1. The molecule has 0 aliphatic carbocycles. The normalized spacial score (nSPS) is 10.6. The van der Waals surface area contributed by atoms with Gasteiger partial charge >= 0.3 is 0 Å². The Morgan fingerprint density at radius 3 is 1.11 bits per heavy atom. The molecular formula is C19H26. The van der Waals surface area contributed by atoms with E-state index in [0.717, 1.165) is 0 Å². The molecule has 0 aromatic heterocycles. The van der Waals surface area contributed by atoms with E-state index in [-0.39, 0.29) is 5.41 Å². The predicted octanol–water partition coefficient (Wildman–Crippen LogP) is 5.66. The third-order valence-electron chi connectivity index (χ3n) is 3.55. The summed E-state index contributed by atoms with van der Waals surface area (Å²) in [4.78, 5) is 0. The molecule has 0 amide bonds. The van der Waals surface area contributed by atoms with Crippen molar-refractivity contribution in [2.75, 3.05) is 0 Å². The molecule has 2 rings (SSSR count). The molecule has 0 bridgehead atoms. The molecule has 0 heterocycles. The predicted molar refractivity (Wildman–Crippen MR) is 85.8 cm³/mol. The fourth-order valence-corrected chi connectivity index (χ4v) is 2.11. The van der Waals surface area contributed by atoms with E-state index in [9.17, 15) is 0 Å². The number of benzene rings is 2. The molecule has 0 N–H and O–H groups in total. The fraction of sp³-hybridized carbons (Fsp3) is 0.368. The van der Waals surface area contributed by atoms with Crippen LogP contribution in [0.4, 0.5) is 0 Å². The van der Waals surface area contributed by atoms with Crippen molar-refractivity contribution in [2.24, 2.45) is 0 Å². The standard InChI is InChI=1S/C17H20.C2H6/c1-13-5-9-15(10-6-13)17(3,4)16-11-7-14(2)8-12-16;1-2/h5-12H,1-4H3;1-2H3. The van der Waals surface area contributed by atoms with Crippen molar-refractivity contribution in [1.82, 2.24) is 0 Å². The summed E-state index contributed by atoms with van der Waals surface area (Å²) in [7, 11) is 0. The first-order valence-electron chi connectivity index (χ1n) is 7.14. The van der Waals surface area contributed by atoms with Crippen molar-refractivity contribution in [3.8, 4) is 0 Å². The number of aryl methyl sites for hydroxylation is 2. The molecule has 0 fully saturated rings. The van der Waals surface area contributed by atoms with Crippen LogP contribution < -0.4 is 0 Å². The maximum Gasteiger partial charge on any atom is 0.0146 e. The van der Waals surface area contributed by atoms with E-state index >= 15 is 0 Å². The first kappa shape index (κ1) is 15.5. The Bertz CT molecular complexity index is 439. The van der Waals surface area contributed by atoms with Crippen LogP contribution in [0.15, 0.2) is 48.5 Å². The molecule has 102 valence electrons. The summed E-state index contributed by atoms with van der Waals surface area (Å²) >= 11 is 0. The number of hydrogen-bond donors (Lipinski definition) is 0. The van der Waals surface area contributed by atoms with E-state index in [4.69, 9.17) is 0 Å². The smallest absolute Gasteiger partial charge is 0.0146 e. The van der Waals surface area contributed by atoms with Crippen molar-refractivity contribution < 1.29 is 0 Å². The first-order chi connectivity index (χ1) is 9.00. The fourth-order valence-electron chi connectivity index (χ4n) is 2.11. The average molecular weight is 254 g/mol. The third kappa shape index (κ3) is 3.70. The van der Waals surface area contributed by atoms with E-state index in [1.165, 1.54) is 22.3 Å². The van der Waals surface area contributed by atoms with Gasteiger partial charge in [-0.1, -0.05) is 87.4 Å². The molecule has 0 nitrogen and oxygen atoms in total. The van der Waals surface area contributed by atoms with E-state index < -0.39 is 0 Å². The zero-order valence-corrected chi connectivity index (χ0v) is 13.1. The lowest BCUT2D eigenvalue weighted by molar-refractivity contribution is 0.640. The second kappa shape index (κ2) is 6.56. The van der Waals surface area contributed by atoms with Gasteiger partial charge in [-0.15, -0.1) is 0 Å². The molecule has 2 aromatic carbocycles. The molecule has 0 unspecified atom stereocenters. The lowest BCUT2D eigenvalue weighted by Crippen LogP contribution is -2.18. The van der Waals surface area contributed by atoms with E-state index in [0.29, 0.717) is 0 Å². The molecule has 0 spiro atoms. The van der Waals surface area contributed by atoms with Crippen LogP contribution in [0, 0.1) is 13.8 Å². The van der Waals surface area contributed by atoms with Crippen LogP contribution in [-0.4, -0.2) is 0 Å². The van der Waals surface area contributed by atoms with Gasteiger partial charge in [-0.2, -0.15) is 0 Å². The molecule has 0 heteroatoms. The van der Waals surface area contributed by atoms with Gasteiger partial charge in [0.1, 0.15) is 0 Å². The molecule has 0 aliphatic rings. The van der Waals surface area contributed by atoms with Gasteiger partial charge in [0.25, 0.3) is 0 Å². The summed E-state index contributed by atoms with van der Waals surface area (Å²) in [5, 5.41) is 0. The molecule has 0 saturated heterocycles. The van der Waals surface area contributed by atoms with Crippen LogP contribution in [0.25, 0.3) is 0 Å². The van der Waals surface area contributed by atoms with E-state index in [1.54, 1.807) is 0 Å². The van der Waals surface area contributed by atoms with Gasteiger partial charge in [-0.3, -0.25) is 0 Å².